The number of aliphatic hydroxyl groups is 1. The third-order valence-corrected chi connectivity index (χ3v) is 2.79. The van der Waals surface area contributed by atoms with Gasteiger partial charge in [0.2, 0.25) is 0 Å². The van der Waals surface area contributed by atoms with E-state index < -0.39 is 12.1 Å². The number of hydrogen-bond donors (Lipinski definition) is 2. The molecular formula is C11H12Cl2O3. The summed E-state index contributed by atoms with van der Waals surface area (Å²) in [6.45, 7) is 0. The van der Waals surface area contributed by atoms with Crippen molar-refractivity contribution in [2.75, 3.05) is 5.88 Å². The highest BCUT2D eigenvalue weighted by atomic mass is 35.5. The molecular weight excluding hydrogens is 251 g/mol. The highest BCUT2D eigenvalue weighted by Crippen LogP contribution is 2.25. The maximum absolute atomic E-state index is 10.6. The van der Waals surface area contributed by atoms with Crippen LogP contribution in [0.3, 0.4) is 0 Å². The largest absolute Gasteiger partial charge is 0.479 e. The molecule has 0 aliphatic carbocycles. The highest BCUT2D eigenvalue weighted by Gasteiger charge is 2.18. The maximum Gasteiger partial charge on any atom is 0.337 e. The second-order valence-electron chi connectivity index (χ2n) is 3.39. The highest BCUT2D eigenvalue weighted by molar-refractivity contribution is 6.31. The number of carboxylic acids is 1. The molecule has 0 fully saturated rings. The zero-order valence-corrected chi connectivity index (χ0v) is 10.0. The first kappa shape index (κ1) is 13.3. The summed E-state index contributed by atoms with van der Waals surface area (Å²) in [4.78, 5) is 10.6. The topological polar surface area (TPSA) is 57.5 Å². The van der Waals surface area contributed by atoms with E-state index in [1.54, 1.807) is 12.1 Å². The number of rotatable bonds is 5. The van der Waals surface area contributed by atoms with Gasteiger partial charge in [-0.3, -0.25) is 0 Å². The minimum atomic E-state index is -1.57. The third kappa shape index (κ3) is 3.37. The van der Waals surface area contributed by atoms with Crippen molar-refractivity contribution in [3.05, 3.63) is 34.3 Å². The van der Waals surface area contributed by atoms with Crippen LogP contribution in [0.25, 0.3) is 0 Å². The van der Waals surface area contributed by atoms with Crippen LogP contribution in [-0.2, 0) is 11.2 Å². The Morgan fingerprint density at radius 2 is 2.12 bits per heavy atom. The fourth-order valence-corrected chi connectivity index (χ4v) is 1.79. The van der Waals surface area contributed by atoms with E-state index >= 15 is 0 Å². The average Bonchev–Trinajstić information content (AvgIpc) is 2.25. The van der Waals surface area contributed by atoms with Crippen molar-refractivity contribution in [3.63, 3.8) is 0 Å². The van der Waals surface area contributed by atoms with Crippen LogP contribution in [0.1, 0.15) is 23.7 Å². The molecule has 0 amide bonds. The number of aliphatic carboxylic acids is 1. The van der Waals surface area contributed by atoms with Gasteiger partial charge in [-0.25, -0.2) is 4.79 Å². The van der Waals surface area contributed by atoms with Crippen molar-refractivity contribution in [2.24, 2.45) is 0 Å². The average molecular weight is 263 g/mol. The van der Waals surface area contributed by atoms with E-state index in [1.165, 1.54) is 6.07 Å². The number of alkyl halides is 1. The molecule has 0 saturated heterocycles. The molecule has 3 nitrogen and oxygen atoms in total. The number of hydrogen-bond acceptors (Lipinski definition) is 2. The fraction of sp³-hybridized carbons (Fsp3) is 0.364. The maximum atomic E-state index is 10.6. The van der Waals surface area contributed by atoms with Gasteiger partial charge in [-0.15, -0.1) is 11.6 Å². The lowest BCUT2D eigenvalue weighted by Gasteiger charge is -2.09. The first-order valence-electron chi connectivity index (χ1n) is 4.81. The molecule has 1 aromatic carbocycles. The minimum absolute atomic E-state index is 0.212. The Hall–Kier alpha value is -0.770. The molecule has 2 N–H and O–H groups in total. The predicted octanol–water partition coefficient (Wildman–Crippen LogP) is 2.63. The second kappa shape index (κ2) is 6.09. The Bertz CT molecular complexity index is 379. The lowest BCUT2D eigenvalue weighted by atomic mass is 10.0. The monoisotopic (exact) mass is 262 g/mol. The van der Waals surface area contributed by atoms with Gasteiger partial charge in [-0.1, -0.05) is 23.7 Å². The van der Waals surface area contributed by atoms with Crippen LogP contribution in [0.5, 0.6) is 0 Å². The molecule has 88 valence electrons. The van der Waals surface area contributed by atoms with Gasteiger partial charge < -0.3 is 10.2 Å². The van der Waals surface area contributed by atoms with Crippen molar-refractivity contribution < 1.29 is 15.0 Å². The second-order valence-corrected chi connectivity index (χ2v) is 4.17. The molecule has 1 atom stereocenters. The van der Waals surface area contributed by atoms with Crippen molar-refractivity contribution in [1.29, 1.82) is 0 Å². The molecule has 0 radical (unpaired) electrons. The van der Waals surface area contributed by atoms with Crippen LogP contribution < -0.4 is 0 Å². The number of aliphatic hydroxyl groups excluding tert-OH is 1. The van der Waals surface area contributed by atoms with Crippen LogP contribution >= 0.6 is 23.2 Å². The van der Waals surface area contributed by atoms with Crippen molar-refractivity contribution in [3.8, 4) is 0 Å². The normalized spacial score (nSPS) is 12.4. The van der Waals surface area contributed by atoms with Crippen molar-refractivity contribution in [2.45, 2.75) is 18.9 Å². The van der Waals surface area contributed by atoms with Gasteiger partial charge in [0.25, 0.3) is 0 Å². The van der Waals surface area contributed by atoms with E-state index in [0.717, 1.165) is 18.4 Å². The smallest absolute Gasteiger partial charge is 0.337 e. The van der Waals surface area contributed by atoms with Crippen LogP contribution in [0.4, 0.5) is 0 Å². The molecule has 0 bridgehead atoms. The summed E-state index contributed by atoms with van der Waals surface area (Å²) in [7, 11) is 0. The van der Waals surface area contributed by atoms with Gasteiger partial charge in [-0.05, 0) is 24.5 Å². The van der Waals surface area contributed by atoms with E-state index in [2.05, 4.69) is 0 Å². The van der Waals surface area contributed by atoms with Crippen molar-refractivity contribution >= 4 is 29.2 Å². The Morgan fingerprint density at radius 1 is 1.44 bits per heavy atom. The van der Waals surface area contributed by atoms with Crippen LogP contribution in [0.2, 0.25) is 5.02 Å². The molecule has 0 aliphatic heterocycles. The van der Waals surface area contributed by atoms with E-state index in [4.69, 9.17) is 28.3 Å². The third-order valence-electron chi connectivity index (χ3n) is 2.19. The molecule has 1 aromatic rings. The number of aryl methyl sites for hydroxylation is 1. The quantitative estimate of drug-likeness (QED) is 0.803. The summed E-state index contributed by atoms with van der Waals surface area (Å²) in [6.07, 6.45) is 0.0420. The first-order valence-corrected chi connectivity index (χ1v) is 5.72. The summed E-state index contributed by atoms with van der Waals surface area (Å²) < 4.78 is 0. The Morgan fingerprint density at radius 3 is 2.62 bits per heavy atom. The SMILES string of the molecule is O=C(O)C(O)c1ccc(CCCCl)cc1Cl. The Balaban J connectivity index is 2.87. The molecule has 5 heteroatoms. The van der Waals surface area contributed by atoms with E-state index in [-0.39, 0.29) is 10.6 Å². The Labute approximate surface area is 104 Å². The molecule has 0 spiro atoms. The summed E-state index contributed by atoms with van der Waals surface area (Å²) in [6, 6.07) is 4.94. The van der Waals surface area contributed by atoms with Crippen LogP contribution in [0.15, 0.2) is 18.2 Å². The lowest BCUT2D eigenvalue weighted by Crippen LogP contribution is -2.11. The van der Waals surface area contributed by atoms with Crippen LogP contribution in [-0.4, -0.2) is 22.1 Å². The first-order chi connectivity index (χ1) is 7.56. The van der Waals surface area contributed by atoms with Gasteiger partial charge in [0.1, 0.15) is 0 Å². The zero-order valence-electron chi connectivity index (χ0n) is 8.49. The molecule has 0 saturated carbocycles. The van der Waals surface area contributed by atoms with Gasteiger partial charge in [0.05, 0.1) is 0 Å². The van der Waals surface area contributed by atoms with Gasteiger partial charge >= 0.3 is 5.97 Å². The minimum Gasteiger partial charge on any atom is -0.479 e. The van der Waals surface area contributed by atoms with Crippen LogP contribution in [0, 0.1) is 0 Å². The van der Waals surface area contributed by atoms with E-state index in [0.29, 0.717) is 5.88 Å². The summed E-state index contributed by atoms with van der Waals surface area (Å²) in [5.74, 6) is -0.743. The number of benzene rings is 1. The fourth-order valence-electron chi connectivity index (χ4n) is 1.35. The molecule has 1 unspecified atom stereocenters. The summed E-state index contributed by atoms with van der Waals surface area (Å²) in [5.41, 5.74) is 1.19. The number of carboxylic acid groups (broad SMARTS) is 1. The Kier molecular flexibility index (Phi) is 5.06. The van der Waals surface area contributed by atoms with E-state index in [9.17, 15) is 9.90 Å². The standard InChI is InChI=1S/C11H12Cl2O3/c12-5-1-2-7-3-4-8(9(13)6-7)10(14)11(15)16/h3-4,6,10,14H,1-2,5H2,(H,15,16). The molecule has 1 rings (SSSR count). The molecule has 16 heavy (non-hydrogen) atoms. The summed E-state index contributed by atoms with van der Waals surface area (Å²) in [5, 5.41) is 18.3. The zero-order chi connectivity index (χ0) is 12.1. The summed E-state index contributed by atoms with van der Waals surface area (Å²) >= 11 is 11.5. The van der Waals surface area contributed by atoms with Gasteiger partial charge in [0.15, 0.2) is 6.10 Å². The number of halogens is 2. The molecule has 0 aromatic heterocycles. The lowest BCUT2D eigenvalue weighted by molar-refractivity contribution is -0.146. The van der Waals surface area contributed by atoms with Gasteiger partial charge in [-0.2, -0.15) is 0 Å². The van der Waals surface area contributed by atoms with Crippen molar-refractivity contribution in [1.82, 2.24) is 0 Å². The van der Waals surface area contributed by atoms with Gasteiger partial charge in [0, 0.05) is 16.5 Å². The predicted molar refractivity (Wildman–Crippen MR) is 63.1 cm³/mol. The molecule has 0 aliphatic rings. The number of carbonyl (C=O) groups is 1. The van der Waals surface area contributed by atoms with E-state index in [1.807, 2.05) is 0 Å². The molecule has 0 heterocycles.